The number of amides is 1. The predicted octanol–water partition coefficient (Wildman–Crippen LogP) is 0.694. The van der Waals surface area contributed by atoms with Gasteiger partial charge in [-0.15, -0.1) is 0 Å². The molecule has 0 saturated carbocycles. The molecule has 0 radical (unpaired) electrons. The van der Waals surface area contributed by atoms with E-state index in [2.05, 4.69) is 15.3 Å². The number of anilines is 1. The van der Waals surface area contributed by atoms with Gasteiger partial charge in [0.25, 0.3) is 5.91 Å². The van der Waals surface area contributed by atoms with Crippen LogP contribution in [0.4, 0.5) is 5.82 Å². The van der Waals surface area contributed by atoms with Gasteiger partial charge < -0.3 is 16.2 Å². The summed E-state index contributed by atoms with van der Waals surface area (Å²) in [6, 6.07) is 6.54. The van der Waals surface area contributed by atoms with Crippen LogP contribution >= 0.6 is 0 Å². The fourth-order valence-electron chi connectivity index (χ4n) is 1.40. The molecular weight excluding hydrogens is 232 g/mol. The first-order valence-electron chi connectivity index (χ1n) is 5.29. The second-order valence-electron chi connectivity index (χ2n) is 3.64. The number of carbonyl (C=O) groups excluding carboxylic acids is 1. The molecule has 0 aliphatic rings. The van der Waals surface area contributed by atoms with Crippen LogP contribution in [0.3, 0.4) is 0 Å². The average Bonchev–Trinajstić information content (AvgIpc) is 2.38. The fourth-order valence-corrected chi connectivity index (χ4v) is 1.40. The van der Waals surface area contributed by atoms with Gasteiger partial charge in [-0.25, -0.2) is 9.97 Å². The zero-order valence-electron chi connectivity index (χ0n) is 9.50. The third-order valence-corrected chi connectivity index (χ3v) is 2.33. The molecule has 0 spiro atoms. The van der Waals surface area contributed by atoms with Crippen LogP contribution in [0.5, 0.6) is 5.75 Å². The maximum atomic E-state index is 11.8. The van der Waals surface area contributed by atoms with Crippen LogP contribution in [0, 0.1) is 0 Å². The first kappa shape index (κ1) is 11.8. The topological polar surface area (TPSA) is 101 Å². The van der Waals surface area contributed by atoms with E-state index in [4.69, 9.17) is 10.8 Å². The fraction of sp³-hybridized carbons (Fsp3) is 0.0833. The first-order chi connectivity index (χ1) is 8.66. The van der Waals surface area contributed by atoms with E-state index < -0.39 is 0 Å². The van der Waals surface area contributed by atoms with Crippen molar-refractivity contribution in [3.63, 3.8) is 0 Å². The van der Waals surface area contributed by atoms with E-state index in [1.165, 1.54) is 12.4 Å². The van der Waals surface area contributed by atoms with Crippen molar-refractivity contribution in [1.82, 2.24) is 15.3 Å². The Bertz CT molecular complexity index is 554. The molecule has 0 aliphatic carbocycles. The summed E-state index contributed by atoms with van der Waals surface area (Å²) in [6.45, 7) is 0.328. The second kappa shape index (κ2) is 5.13. The van der Waals surface area contributed by atoms with E-state index in [0.29, 0.717) is 6.54 Å². The number of aromatic nitrogens is 2. The van der Waals surface area contributed by atoms with E-state index in [0.717, 1.165) is 5.56 Å². The minimum absolute atomic E-state index is 0.0979. The Morgan fingerprint density at radius 3 is 2.56 bits per heavy atom. The van der Waals surface area contributed by atoms with Gasteiger partial charge >= 0.3 is 0 Å². The molecule has 18 heavy (non-hydrogen) atoms. The molecule has 4 N–H and O–H groups in total. The van der Waals surface area contributed by atoms with Gasteiger partial charge in [0.05, 0.1) is 0 Å². The van der Waals surface area contributed by atoms with Gasteiger partial charge in [0.2, 0.25) is 0 Å². The highest BCUT2D eigenvalue weighted by molar-refractivity contribution is 5.96. The quantitative estimate of drug-likeness (QED) is 0.737. The highest BCUT2D eigenvalue weighted by Crippen LogP contribution is 2.09. The molecule has 6 nitrogen and oxygen atoms in total. The zero-order valence-corrected chi connectivity index (χ0v) is 9.50. The lowest BCUT2D eigenvalue weighted by Crippen LogP contribution is -2.25. The van der Waals surface area contributed by atoms with E-state index in [-0.39, 0.29) is 23.2 Å². The number of aromatic hydroxyl groups is 1. The Morgan fingerprint density at radius 2 is 1.89 bits per heavy atom. The molecular formula is C12H12N4O2. The predicted molar refractivity (Wildman–Crippen MR) is 65.7 cm³/mol. The van der Waals surface area contributed by atoms with Crippen LogP contribution in [0.2, 0.25) is 0 Å². The smallest absolute Gasteiger partial charge is 0.273 e. The Hall–Kier alpha value is -2.63. The van der Waals surface area contributed by atoms with Crippen LogP contribution in [-0.2, 0) is 6.54 Å². The summed E-state index contributed by atoms with van der Waals surface area (Å²) in [4.78, 5) is 19.4. The number of nitrogens with two attached hydrogens (primary N) is 1. The second-order valence-corrected chi connectivity index (χ2v) is 3.64. The molecule has 0 unspecified atom stereocenters. The molecule has 1 aromatic carbocycles. The average molecular weight is 244 g/mol. The third-order valence-electron chi connectivity index (χ3n) is 2.33. The van der Waals surface area contributed by atoms with Crippen LogP contribution < -0.4 is 11.1 Å². The highest BCUT2D eigenvalue weighted by atomic mass is 16.3. The van der Waals surface area contributed by atoms with E-state index in [9.17, 15) is 4.79 Å². The summed E-state index contributed by atoms with van der Waals surface area (Å²) >= 11 is 0. The van der Waals surface area contributed by atoms with Gasteiger partial charge in [-0.2, -0.15) is 0 Å². The van der Waals surface area contributed by atoms with Gasteiger partial charge in [0.15, 0.2) is 11.5 Å². The molecule has 0 atom stereocenters. The third kappa shape index (κ3) is 2.73. The largest absolute Gasteiger partial charge is 0.508 e. The number of benzene rings is 1. The van der Waals surface area contributed by atoms with Crippen molar-refractivity contribution in [1.29, 1.82) is 0 Å². The van der Waals surface area contributed by atoms with Gasteiger partial charge in [-0.3, -0.25) is 4.79 Å². The van der Waals surface area contributed by atoms with Crippen LogP contribution in [-0.4, -0.2) is 21.0 Å². The van der Waals surface area contributed by atoms with E-state index >= 15 is 0 Å². The molecule has 0 aliphatic heterocycles. The minimum atomic E-state index is -0.381. The van der Waals surface area contributed by atoms with Crippen molar-refractivity contribution in [3.8, 4) is 5.75 Å². The summed E-state index contributed by atoms with van der Waals surface area (Å²) in [6.07, 6.45) is 2.83. The number of phenolic OH excluding ortho intramolecular Hbond substituents is 1. The molecule has 2 aromatic rings. The minimum Gasteiger partial charge on any atom is -0.508 e. The molecule has 0 saturated heterocycles. The number of carbonyl (C=O) groups is 1. The number of hydrogen-bond donors (Lipinski definition) is 3. The number of nitrogens with zero attached hydrogens (tertiary/aromatic N) is 2. The van der Waals surface area contributed by atoms with Gasteiger partial charge in [0.1, 0.15) is 5.75 Å². The molecule has 2 rings (SSSR count). The Balaban J connectivity index is 2.01. The van der Waals surface area contributed by atoms with Gasteiger partial charge in [-0.05, 0) is 17.7 Å². The highest BCUT2D eigenvalue weighted by Gasteiger charge is 2.11. The first-order valence-corrected chi connectivity index (χ1v) is 5.29. The standard InChI is InChI=1S/C12H12N4O2/c13-11-10(14-5-6-15-11)12(18)16-7-8-1-3-9(17)4-2-8/h1-6,17H,7H2,(H2,13,15)(H,16,18). The Labute approximate surface area is 104 Å². The van der Waals surface area contributed by atoms with Crippen molar-refractivity contribution in [3.05, 3.63) is 47.9 Å². The monoisotopic (exact) mass is 244 g/mol. The lowest BCUT2D eigenvalue weighted by Gasteiger charge is -2.06. The summed E-state index contributed by atoms with van der Waals surface area (Å²) in [5.41, 5.74) is 6.51. The van der Waals surface area contributed by atoms with Crippen molar-refractivity contribution in [2.45, 2.75) is 6.54 Å². The summed E-state index contributed by atoms with van der Waals surface area (Å²) in [5, 5.41) is 11.8. The number of hydrogen-bond acceptors (Lipinski definition) is 5. The van der Waals surface area contributed by atoms with Crippen molar-refractivity contribution >= 4 is 11.7 Å². The number of nitrogens with one attached hydrogen (secondary N) is 1. The zero-order chi connectivity index (χ0) is 13.0. The Morgan fingerprint density at radius 1 is 1.22 bits per heavy atom. The normalized spacial score (nSPS) is 10.0. The maximum absolute atomic E-state index is 11.8. The molecule has 0 bridgehead atoms. The van der Waals surface area contributed by atoms with E-state index in [1.54, 1.807) is 24.3 Å². The number of rotatable bonds is 3. The van der Waals surface area contributed by atoms with Crippen LogP contribution in [0.15, 0.2) is 36.7 Å². The summed E-state index contributed by atoms with van der Waals surface area (Å²) in [7, 11) is 0. The van der Waals surface area contributed by atoms with Gasteiger partial charge in [0, 0.05) is 18.9 Å². The summed E-state index contributed by atoms with van der Waals surface area (Å²) in [5.74, 6) is -0.0994. The SMILES string of the molecule is Nc1nccnc1C(=O)NCc1ccc(O)cc1. The molecule has 6 heteroatoms. The molecule has 1 aromatic heterocycles. The van der Waals surface area contributed by atoms with Gasteiger partial charge in [-0.1, -0.05) is 12.1 Å². The van der Waals surface area contributed by atoms with Crippen molar-refractivity contribution in [2.75, 3.05) is 5.73 Å². The molecule has 1 heterocycles. The lowest BCUT2D eigenvalue weighted by molar-refractivity contribution is 0.0946. The van der Waals surface area contributed by atoms with E-state index in [1.807, 2.05) is 0 Å². The number of nitrogen functional groups attached to an aromatic ring is 1. The molecule has 0 fully saturated rings. The van der Waals surface area contributed by atoms with Crippen LogP contribution in [0.1, 0.15) is 16.1 Å². The molecule has 92 valence electrons. The van der Waals surface area contributed by atoms with Crippen molar-refractivity contribution in [2.24, 2.45) is 0 Å². The maximum Gasteiger partial charge on any atom is 0.273 e. The lowest BCUT2D eigenvalue weighted by atomic mass is 10.2. The summed E-state index contributed by atoms with van der Waals surface area (Å²) < 4.78 is 0. The Kier molecular flexibility index (Phi) is 3.38. The molecule has 1 amide bonds. The van der Waals surface area contributed by atoms with Crippen molar-refractivity contribution < 1.29 is 9.90 Å². The van der Waals surface area contributed by atoms with Crippen LogP contribution in [0.25, 0.3) is 0 Å². The number of phenols is 1.